The summed E-state index contributed by atoms with van der Waals surface area (Å²) in [6, 6.07) is 15.7. The Morgan fingerprint density at radius 3 is 2.65 bits per heavy atom. The third-order valence-electron chi connectivity index (χ3n) is 5.96. The largest absolute Gasteiger partial charge is 0.454 e. The standard InChI is InChI=1S/C26H22N2O6/c1-15-9-19(16(2)28(15)12-17-7-8-23-24(10-17)34-14-33-23)22(29)13-32-26(31)20-11-25(30)27-21-6-4-3-5-18(20)21/h3-11H,12-14H2,1-2H3,(H,27,30). The summed E-state index contributed by atoms with van der Waals surface area (Å²) in [5.74, 6) is 0.392. The van der Waals surface area contributed by atoms with Crippen molar-refractivity contribution in [3.63, 3.8) is 0 Å². The van der Waals surface area contributed by atoms with E-state index in [0.717, 1.165) is 22.7 Å². The van der Waals surface area contributed by atoms with Gasteiger partial charge in [0.15, 0.2) is 18.1 Å². The van der Waals surface area contributed by atoms with E-state index in [4.69, 9.17) is 14.2 Å². The lowest BCUT2D eigenvalue weighted by Gasteiger charge is -2.11. The maximum Gasteiger partial charge on any atom is 0.339 e. The van der Waals surface area contributed by atoms with Crippen LogP contribution in [0.4, 0.5) is 0 Å². The minimum Gasteiger partial charge on any atom is -0.454 e. The van der Waals surface area contributed by atoms with Gasteiger partial charge in [-0.3, -0.25) is 9.59 Å². The molecule has 8 heteroatoms. The SMILES string of the molecule is Cc1cc(C(=O)COC(=O)c2cc(=O)[nH]c3ccccc23)c(C)n1Cc1ccc2c(c1)OCO2. The summed E-state index contributed by atoms with van der Waals surface area (Å²) in [4.78, 5) is 40.2. The van der Waals surface area contributed by atoms with Gasteiger partial charge in [-0.2, -0.15) is 0 Å². The van der Waals surface area contributed by atoms with E-state index in [2.05, 4.69) is 4.98 Å². The number of pyridine rings is 1. The number of fused-ring (bicyclic) bond motifs is 2. The number of rotatable bonds is 6. The third kappa shape index (κ3) is 3.94. The number of para-hydroxylation sites is 1. The van der Waals surface area contributed by atoms with Gasteiger partial charge in [0, 0.05) is 40.5 Å². The lowest BCUT2D eigenvalue weighted by atomic mass is 10.1. The van der Waals surface area contributed by atoms with Crippen molar-refractivity contribution in [2.24, 2.45) is 0 Å². The predicted molar refractivity (Wildman–Crippen MR) is 125 cm³/mol. The molecule has 3 heterocycles. The molecule has 172 valence electrons. The lowest BCUT2D eigenvalue weighted by molar-refractivity contribution is 0.0476. The van der Waals surface area contributed by atoms with Crippen LogP contribution in [0.3, 0.4) is 0 Å². The van der Waals surface area contributed by atoms with Crippen LogP contribution in [0.2, 0.25) is 0 Å². The van der Waals surface area contributed by atoms with Crippen LogP contribution in [0, 0.1) is 13.8 Å². The third-order valence-corrected chi connectivity index (χ3v) is 5.96. The number of aromatic amines is 1. The Labute approximate surface area is 194 Å². The monoisotopic (exact) mass is 458 g/mol. The topological polar surface area (TPSA) is 99.6 Å². The molecule has 2 aromatic carbocycles. The summed E-state index contributed by atoms with van der Waals surface area (Å²) < 4.78 is 18.1. The molecule has 0 unspecified atom stereocenters. The van der Waals surface area contributed by atoms with Crippen LogP contribution >= 0.6 is 0 Å². The Bertz CT molecular complexity index is 1500. The van der Waals surface area contributed by atoms with E-state index >= 15 is 0 Å². The summed E-state index contributed by atoms with van der Waals surface area (Å²) in [6.45, 7) is 4.13. The number of Topliss-reactive ketones (excluding diaryl/α,β-unsaturated/α-hetero) is 1. The first kappa shape index (κ1) is 21.5. The molecule has 4 aromatic rings. The quantitative estimate of drug-likeness (QED) is 0.349. The molecule has 8 nitrogen and oxygen atoms in total. The average molecular weight is 458 g/mol. The van der Waals surface area contributed by atoms with E-state index in [1.54, 1.807) is 30.3 Å². The van der Waals surface area contributed by atoms with Crippen molar-refractivity contribution < 1.29 is 23.8 Å². The van der Waals surface area contributed by atoms with Gasteiger partial charge < -0.3 is 23.8 Å². The van der Waals surface area contributed by atoms with Crippen molar-refractivity contribution in [1.82, 2.24) is 9.55 Å². The van der Waals surface area contributed by atoms with Crippen LogP contribution in [0.15, 0.2) is 59.4 Å². The molecule has 0 fully saturated rings. The summed E-state index contributed by atoms with van der Waals surface area (Å²) in [5, 5.41) is 0.557. The number of aryl methyl sites for hydroxylation is 1. The number of benzene rings is 2. The predicted octanol–water partition coefficient (Wildman–Crippen LogP) is 3.76. The summed E-state index contributed by atoms with van der Waals surface area (Å²) in [5.41, 5.74) is 3.42. The fourth-order valence-corrected chi connectivity index (χ4v) is 4.21. The fourth-order valence-electron chi connectivity index (χ4n) is 4.21. The second kappa shape index (κ2) is 8.55. The minimum atomic E-state index is -0.718. The molecule has 0 bridgehead atoms. The number of nitrogens with one attached hydrogen (secondary N) is 1. The first-order chi connectivity index (χ1) is 16.4. The van der Waals surface area contributed by atoms with Crippen LogP contribution in [-0.2, 0) is 11.3 Å². The lowest BCUT2D eigenvalue weighted by Crippen LogP contribution is -2.17. The molecule has 34 heavy (non-hydrogen) atoms. The summed E-state index contributed by atoms with van der Waals surface area (Å²) in [6.07, 6.45) is 0. The summed E-state index contributed by atoms with van der Waals surface area (Å²) >= 11 is 0. The molecule has 2 aromatic heterocycles. The van der Waals surface area contributed by atoms with E-state index in [1.165, 1.54) is 6.07 Å². The Morgan fingerprint density at radius 2 is 1.79 bits per heavy atom. The molecule has 1 aliphatic heterocycles. The highest BCUT2D eigenvalue weighted by molar-refractivity contribution is 6.05. The van der Waals surface area contributed by atoms with Gasteiger partial charge in [0.1, 0.15) is 0 Å². The second-order valence-corrected chi connectivity index (χ2v) is 8.15. The molecule has 0 amide bonds. The van der Waals surface area contributed by atoms with E-state index in [1.807, 2.05) is 36.6 Å². The highest BCUT2D eigenvalue weighted by Crippen LogP contribution is 2.33. The fraction of sp³-hybridized carbons (Fsp3) is 0.192. The molecule has 0 radical (unpaired) electrons. The van der Waals surface area contributed by atoms with Crippen molar-refractivity contribution in [1.29, 1.82) is 0 Å². The van der Waals surface area contributed by atoms with Crippen LogP contribution in [0.5, 0.6) is 11.5 Å². The number of H-pyrrole nitrogens is 1. The zero-order chi connectivity index (χ0) is 23.8. The zero-order valence-electron chi connectivity index (χ0n) is 18.7. The van der Waals surface area contributed by atoms with E-state index in [9.17, 15) is 14.4 Å². The van der Waals surface area contributed by atoms with Gasteiger partial charge in [-0.05, 0) is 43.7 Å². The molecule has 1 N–H and O–H groups in total. The van der Waals surface area contributed by atoms with Crippen molar-refractivity contribution in [2.75, 3.05) is 13.4 Å². The number of hydrogen-bond donors (Lipinski definition) is 1. The Hall–Kier alpha value is -4.33. The number of nitrogens with zero attached hydrogens (tertiary/aromatic N) is 1. The Balaban J connectivity index is 1.32. The maximum atomic E-state index is 12.9. The normalized spacial score (nSPS) is 12.2. The number of hydrogen-bond acceptors (Lipinski definition) is 6. The van der Waals surface area contributed by atoms with E-state index in [-0.39, 0.29) is 18.1 Å². The molecule has 0 spiro atoms. The van der Waals surface area contributed by atoms with Crippen molar-refractivity contribution in [3.05, 3.63) is 93.0 Å². The Kier molecular flexibility index (Phi) is 5.41. The molecule has 0 saturated carbocycles. The first-order valence-corrected chi connectivity index (χ1v) is 10.8. The van der Waals surface area contributed by atoms with Crippen LogP contribution in [0.25, 0.3) is 10.9 Å². The van der Waals surface area contributed by atoms with Crippen molar-refractivity contribution >= 4 is 22.7 Å². The van der Waals surface area contributed by atoms with Gasteiger partial charge >= 0.3 is 5.97 Å². The zero-order valence-corrected chi connectivity index (χ0v) is 18.7. The number of aromatic nitrogens is 2. The van der Waals surface area contributed by atoms with E-state index in [0.29, 0.717) is 28.8 Å². The highest BCUT2D eigenvalue weighted by Gasteiger charge is 2.20. The molecule has 5 rings (SSSR count). The molecule has 0 aliphatic carbocycles. The summed E-state index contributed by atoms with van der Waals surface area (Å²) in [7, 11) is 0. The maximum absolute atomic E-state index is 12.9. The van der Waals surface area contributed by atoms with Crippen LogP contribution in [0.1, 0.15) is 37.7 Å². The number of ketones is 1. The van der Waals surface area contributed by atoms with Gasteiger partial charge in [0.2, 0.25) is 18.1 Å². The number of carbonyl (C=O) groups is 2. The van der Waals surface area contributed by atoms with Crippen molar-refractivity contribution in [3.8, 4) is 11.5 Å². The molecule has 0 atom stereocenters. The molecule has 0 saturated heterocycles. The second-order valence-electron chi connectivity index (χ2n) is 8.15. The number of carbonyl (C=O) groups excluding carboxylic acids is 2. The highest BCUT2D eigenvalue weighted by atomic mass is 16.7. The van der Waals surface area contributed by atoms with Gasteiger partial charge in [0.25, 0.3) is 0 Å². The van der Waals surface area contributed by atoms with Crippen LogP contribution < -0.4 is 15.0 Å². The average Bonchev–Trinajstić information content (AvgIpc) is 3.41. The number of esters is 1. The Morgan fingerprint density at radius 1 is 1.00 bits per heavy atom. The van der Waals surface area contributed by atoms with Crippen LogP contribution in [-0.4, -0.2) is 34.7 Å². The van der Waals surface area contributed by atoms with Gasteiger partial charge in [-0.25, -0.2) is 4.79 Å². The molecular formula is C26H22N2O6. The molecule has 1 aliphatic rings. The van der Waals surface area contributed by atoms with Gasteiger partial charge in [-0.15, -0.1) is 0 Å². The molecular weight excluding hydrogens is 436 g/mol. The smallest absolute Gasteiger partial charge is 0.339 e. The number of ether oxygens (including phenoxy) is 3. The van der Waals surface area contributed by atoms with E-state index < -0.39 is 18.1 Å². The minimum absolute atomic E-state index is 0.125. The first-order valence-electron chi connectivity index (χ1n) is 10.8. The van der Waals surface area contributed by atoms with Crippen molar-refractivity contribution in [2.45, 2.75) is 20.4 Å². The van der Waals surface area contributed by atoms with Gasteiger partial charge in [0.05, 0.1) is 5.56 Å². The van der Waals surface area contributed by atoms with Gasteiger partial charge in [-0.1, -0.05) is 24.3 Å².